The van der Waals surface area contributed by atoms with Gasteiger partial charge in [-0.25, -0.2) is 0 Å². The molecule has 0 saturated heterocycles. The largest absolute Gasteiger partial charge is 3.00 e. The number of hydrogen-bond acceptors (Lipinski definition) is 0. The molecular formula is AlGaS3. The van der Waals surface area contributed by atoms with E-state index in [-0.39, 0.29) is 77.6 Å². The van der Waals surface area contributed by atoms with Crippen LogP contribution in [0, 0.1) is 0 Å². The molecule has 0 aliphatic rings. The van der Waals surface area contributed by atoms with Crippen LogP contribution in [-0.4, -0.2) is 37.2 Å². The molecule has 0 aromatic rings. The Kier molecular flexibility index (Phi) is 390. The van der Waals surface area contributed by atoms with Crippen LogP contribution in [0.5, 0.6) is 0 Å². The van der Waals surface area contributed by atoms with Crippen LogP contribution in [-0.2, 0) is 40.5 Å². The van der Waals surface area contributed by atoms with Crippen LogP contribution in [0.1, 0.15) is 0 Å². The Labute approximate surface area is 77.0 Å². The van der Waals surface area contributed by atoms with Gasteiger partial charge in [-0.3, -0.25) is 0 Å². The molecule has 0 nitrogen and oxygen atoms in total. The Morgan fingerprint density at radius 3 is 0.600 bits per heavy atom. The van der Waals surface area contributed by atoms with Crippen molar-refractivity contribution in [2.75, 3.05) is 0 Å². The Hall–Kier alpha value is 2.22. The first-order valence-electron chi connectivity index (χ1n) is 0. The van der Waals surface area contributed by atoms with Crippen LogP contribution in [0.2, 0.25) is 0 Å². The summed E-state index contributed by atoms with van der Waals surface area (Å²) in [4.78, 5) is 0. The zero-order chi connectivity index (χ0) is 0. The van der Waals surface area contributed by atoms with Crippen molar-refractivity contribution in [2.45, 2.75) is 0 Å². The molecule has 0 radical (unpaired) electrons. The Bertz CT molecular complexity index is 6.85. The monoisotopic (exact) mass is 192 g/mol. The SMILES string of the molecule is [Al+3].[Ga+3].[S-2].[S-2].[S-2]. The van der Waals surface area contributed by atoms with Gasteiger partial charge in [0.05, 0.1) is 0 Å². The molecular weight excluding hydrogens is 193 g/mol. The van der Waals surface area contributed by atoms with E-state index in [0.717, 1.165) is 0 Å². The molecule has 0 bridgehead atoms. The minimum atomic E-state index is 0. The molecule has 0 rings (SSSR count). The van der Waals surface area contributed by atoms with E-state index in [1.165, 1.54) is 0 Å². The number of hydrogen-bond donors (Lipinski definition) is 0. The molecule has 0 aliphatic carbocycles. The topological polar surface area (TPSA) is 0 Å². The molecule has 0 fully saturated rings. The summed E-state index contributed by atoms with van der Waals surface area (Å²) in [6.07, 6.45) is 0. The van der Waals surface area contributed by atoms with Gasteiger partial charge in [-0.2, -0.15) is 0 Å². The zero-order valence-electron chi connectivity index (χ0n) is 2.38. The first-order valence-corrected chi connectivity index (χ1v) is 0. The van der Waals surface area contributed by atoms with Gasteiger partial charge in [0.1, 0.15) is 0 Å². The van der Waals surface area contributed by atoms with Crippen LogP contribution in [0.4, 0.5) is 0 Å². The molecule has 0 aromatic heterocycles. The third kappa shape index (κ3) is 22.5. The summed E-state index contributed by atoms with van der Waals surface area (Å²) >= 11 is 0. The van der Waals surface area contributed by atoms with Gasteiger partial charge in [-0.1, -0.05) is 0 Å². The van der Waals surface area contributed by atoms with Crippen molar-refractivity contribution in [1.29, 1.82) is 0 Å². The molecule has 0 saturated carbocycles. The maximum Gasteiger partial charge on any atom is 3.00 e. The van der Waals surface area contributed by atoms with Crippen molar-refractivity contribution in [3.05, 3.63) is 0 Å². The number of rotatable bonds is 0. The van der Waals surface area contributed by atoms with Crippen molar-refractivity contribution < 1.29 is 0 Å². The molecule has 5 heteroatoms. The van der Waals surface area contributed by atoms with Crippen molar-refractivity contribution >= 4 is 77.6 Å². The fourth-order valence-corrected chi connectivity index (χ4v) is 0. The van der Waals surface area contributed by atoms with Gasteiger partial charge in [-0.15, -0.1) is 0 Å². The molecule has 24 valence electrons. The standard InChI is InChI=1S/Al.Ga.3S/q2*+3;3*-2. The van der Waals surface area contributed by atoms with Crippen molar-refractivity contribution in [1.82, 2.24) is 0 Å². The Balaban J connectivity index is 0. The maximum absolute atomic E-state index is 0. The molecule has 0 heterocycles. The molecule has 5 heavy (non-hydrogen) atoms. The summed E-state index contributed by atoms with van der Waals surface area (Å²) in [5.74, 6) is 0. The smallest absolute Gasteiger partial charge is 2.00 e. The van der Waals surface area contributed by atoms with E-state index >= 15 is 0 Å². The summed E-state index contributed by atoms with van der Waals surface area (Å²) in [6, 6.07) is 0. The van der Waals surface area contributed by atoms with Crippen molar-refractivity contribution in [2.24, 2.45) is 0 Å². The van der Waals surface area contributed by atoms with Crippen LogP contribution in [0.25, 0.3) is 0 Å². The van der Waals surface area contributed by atoms with Gasteiger partial charge in [0, 0.05) is 0 Å². The van der Waals surface area contributed by atoms with E-state index < -0.39 is 0 Å². The van der Waals surface area contributed by atoms with E-state index in [0.29, 0.717) is 0 Å². The summed E-state index contributed by atoms with van der Waals surface area (Å²) in [7, 11) is 0. The van der Waals surface area contributed by atoms with E-state index in [4.69, 9.17) is 0 Å². The summed E-state index contributed by atoms with van der Waals surface area (Å²) in [5.41, 5.74) is 0. The van der Waals surface area contributed by atoms with Crippen molar-refractivity contribution in [3.63, 3.8) is 0 Å². The molecule has 0 N–H and O–H groups in total. The average Bonchev–Trinajstić information content (AvgIpc) is 0. The molecule has 0 spiro atoms. The zero-order valence-corrected chi connectivity index (χ0v) is 8.41. The second-order valence-corrected chi connectivity index (χ2v) is 0. The van der Waals surface area contributed by atoms with Crippen LogP contribution >= 0.6 is 0 Å². The summed E-state index contributed by atoms with van der Waals surface area (Å²) in [6.45, 7) is 0. The Morgan fingerprint density at radius 2 is 0.600 bits per heavy atom. The van der Waals surface area contributed by atoms with Crippen LogP contribution in [0.15, 0.2) is 0 Å². The van der Waals surface area contributed by atoms with E-state index in [2.05, 4.69) is 0 Å². The molecule has 0 aliphatic heterocycles. The maximum atomic E-state index is 0. The van der Waals surface area contributed by atoms with Crippen LogP contribution < -0.4 is 0 Å². The van der Waals surface area contributed by atoms with Gasteiger partial charge >= 0.3 is 37.2 Å². The van der Waals surface area contributed by atoms with Gasteiger partial charge in [0.15, 0.2) is 0 Å². The second-order valence-electron chi connectivity index (χ2n) is 0. The predicted molar refractivity (Wildman–Crippen MR) is 33.6 cm³/mol. The third-order valence-corrected chi connectivity index (χ3v) is 0. The quantitative estimate of drug-likeness (QED) is 0.443. The fraction of sp³-hybridized carbons (Fsp3) is 0. The first kappa shape index (κ1) is 56.7. The molecule has 0 amide bonds. The second kappa shape index (κ2) is 34.4. The van der Waals surface area contributed by atoms with Gasteiger partial charge in [0.2, 0.25) is 0 Å². The Morgan fingerprint density at radius 1 is 0.600 bits per heavy atom. The molecule has 0 unspecified atom stereocenters. The first-order chi connectivity index (χ1) is 0. The normalized spacial score (nSPS) is 0. The van der Waals surface area contributed by atoms with Crippen LogP contribution in [0.3, 0.4) is 0 Å². The fourth-order valence-electron chi connectivity index (χ4n) is 0. The minimum Gasteiger partial charge on any atom is -2.00 e. The van der Waals surface area contributed by atoms with Gasteiger partial charge in [-0.05, 0) is 0 Å². The molecule has 0 atom stereocenters. The molecule has 0 aromatic carbocycles. The van der Waals surface area contributed by atoms with Crippen molar-refractivity contribution in [3.8, 4) is 0 Å². The van der Waals surface area contributed by atoms with E-state index in [9.17, 15) is 0 Å². The van der Waals surface area contributed by atoms with E-state index in [1.54, 1.807) is 0 Å². The summed E-state index contributed by atoms with van der Waals surface area (Å²) in [5, 5.41) is 0. The summed E-state index contributed by atoms with van der Waals surface area (Å²) < 4.78 is 0. The minimum absolute atomic E-state index is 0. The predicted octanol–water partition coefficient (Wildman–Crippen LogP) is -0.769. The van der Waals surface area contributed by atoms with Gasteiger partial charge in [0.25, 0.3) is 0 Å². The average molecular weight is 193 g/mol. The third-order valence-electron chi connectivity index (χ3n) is 0. The van der Waals surface area contributed by atoms with E-state index in [1.807, 2.05) is 0 Å². The van der Waals surface area contributed by atoms with Gasteiger partial charge < -0.3 is 40.5 Å².